The highest BCUT2D eigenvalue weighted by molar-refractivity contribution is 5.81. The van der Waals surface area contributed by atoms with Crippen LogP contribution in [0.3, 0.4) is 0 Å². The highest BCUT2D eigenvalue weighted by Gasteiger charge is 2.23. The summed E-state index contributed by atoms with van der Waals surface area (Å²) in [4.78, 5) is 11.0. The molecule has 1 aliphatic rings. The van der Waals surface area contributed by atoms with Crippen LogP contribution in [0.1, 0.15) is 69.6 Å². The molecule has 0 aliphatic carbocycles. The minimum absolute atomic E-state index is 0.270. The Bertz CT molecular complexity index is 1010. The lowest BCUT2D eigenvalue weighted by atomic mass is 10.0. The van der Waals surface area contributed by atoms with Crippen LogP contribution in [0, 0.1) is 17.6 Å². The minimum Gasteiger partial charge on any atom is -0.488 e. The van der Waals surface area contributed by atoms with E-state index in [2.05, 4.69) is 6.58 Å². The number of benzene rings is 2. The Balaban J connectivity index is 1.39. The largest absolute Gasteiger partial charge is 0.488 e. The minimum atomic E-state index is -0.709. The smallest absolute Gasteiger partial charge is 0.330 e. The van der Waals surface area contributed by atoms with Gasteiger partial charge < -0.3 is 23.7 Å². The van der Waals surface area contributed by atoms with Crippen LogP contribution in [0.25, 0.3) is 11.1 Å². The molecule has 2 aromatic carbocycles. The summed E-state index contributed by atoms with van der Waals surface area (Å²) >= 11 is 0. The zero-order valence-electron chi connectivity index (χ0n) is 23.5. The first kappa shape index (κ1) is 31.7. The van der Waals surface area contributed by atoms with Gasteiger partial charge in [-0.2, -0.15) is 0 Å². The van der Waals surface area contributed by atoms with Gasteiger partial charge in [0.25, 0.3) is 0 Å². The maximum Gasteiger partial charge on any atom is 0.330 e. The topological polar surface area (TPSA) is 63.2 Å². The standard InChI is InChI=1S/C32H42F2O6/c1-3-30(35)37-18-10-5-4-8-12-24-22-39-32(40-23-24)26-15-13-25(14-16-26)27-20-28(33)31(29(34)21-27)38-19-11-7-6-9-17-36-2/h3,13-16,20-21,24,32H,1,4-12,17-19,22-23H2,2H3. The van der Waals surface area contributed by atoms with E-state index in [0.717, 1.165) is 70.0 Å². The van der Waals surface area contributed by atoms with Crippen molar-refractivity contribution in [2.24, 2.45) is 5.92 Å². The van der Waals surface area contributed by atoms with Gasteiger partial charge in [0.1, 0.15) is 0 Å². The first-order chi connectivity index (χ1) is 19.5. The number of esters is 1. The average Bonchev–Trinajstić information content (AvgIpc) is 2.97. The molecule has 0 N–H and O–H groups in total. The summed E-state index contributed by atoms with van der Waals surface area (Å²) in [6.45, 7) is 6.04. The first-order valence-corrected chi connectivity index (χ1v) is 14.2. The molecule has 6 nitrogen and oxygen atoms in total. The van der Waals surface area contributed by atoms with Crippen LogP contribution < -0.4 is 4.74 Å². The third-order valence-corrected chi connectivity index (χ3v) is 6.89. The maximum absolute atomic E-state index is 14.6. The van der Waals surface area contributed by atoms with Gasteiger partial charge in [0.15, 0.2) is 23.7 Å². The van der Waals surface area contributed by atoms with Crippen LogP contribution in [-0.2, 0) is 23.7 Å². The Kier molecular flexibility index (Phi) is 14.1. The SMILES string of the molecule is C=CC(=O)OCCCCCCC1COC(c2ccc(-c3cc(F)c(OCCCCCCOC)c(F)c3)cc2)OC1. The van der Waals surface area contributed by atoms with Gasteiger partial charge in [0, 0.05) is 31.3 Å². The van der Waals surface area contributed by atoms with E-state index in [1.165, 1.54) is 18.2 Å². The summed E-state index contributed by atoms with van der Waals surface area (Å²) < 4.78 is 56.6. The van der Waals surface area contributed by atoms with Crippen LogP contribution >= 0.6 is 0 Å². The monoisotopic (exact) mass is 560 g/mol. The van der Waals surface area contributed by atoms with Crippen molar-refractivity contribution in [2.75, 3.05) is 40.1 Å². The number of halogens is 2. The quantitative estimate of drug-likeness (QED) is 0.107. The molecule has 0 atom stereocenters. The molecule has 1 fully saturated rings. The lowest BCUT2D eigenvalue weighted by Crippen LogP contribution is -2.27. The summed E-state index contributed by atoms with van der Waals surface area (Å²) in [7, 11) is 1.67. The normalized spacial score (nSPS) is 17.0. The fraction of sp³-hybridized carbons (Fsp3) is 0.531. The molecule has 3 rings (SSSR count). The van der Waals surface area contributed by atoms with E-state index in [-0.39, 0.29) is 18.3 Å². The van der Waals surface area contributed by atoms with E-state index < -0.39 is 17.9 Å². The van der Waals surface area contributed by atoms with E-state index in [9.17, 15) is 13.6 Å². The highest BCUT2D eigenvalue weighted by Crippen LogP contribution is 2.32. The molecule has 0 aromatic heterocycles. The Morgan fingerprint density at radius 3 is 2.10 bits per heavy atom. The van der Waals surface area contributed by atoms with Gasteiger partial charge in [-0.15, -0.1) is 0 Å². The van der Waals surface area contributed by atoms with Crippen molar-refractivity contribution in [1.82, 2.24) is 0 Å². The molecule has 1 aliphatic heterocycles. The molecule has 2 aromatic rings. The van der Waals surface area contributed by atoms with Gasteiger partial charge in [0.05, 0.1) is 26.4 Å². The molecule has 0 bridgehead atoms. The number of rotatable bonds is 18. The Morgan fingerprint density at radius 2 is 1.48 bits per heavy atom. The Labute approximate surface area is 236 Å². The summed E-state index contributed by atoms with van der Waals surface area (Å²) in [6, 6.07) is 9.97. The molecule has 0 unspecified atom stereocenters. The van der Waals surface area contributed by atoms with Gasteiger partial charge in [-0.25, -0.2) is 13.6 Å². The number of methoxy groups -OCH3 is 1. The van der Waals surface area contributed by atoms with Crippen molar-refractivity contribution in [3.8, 4) is 16.9 Å². The molecule has 40 heavy (non-hydrogen) atoms. The molecule has 220 valence electrons. The first-order valence-electron chi connectivity index (χ1n) is 14.2. The molecule has 1 heterocycles. The number of carbonyl (C=O) groups is 1. The summed E-state index contributed by atoms with van der Waals surface area (Å²) in [6.07, 6.45) is 9.34. The predicted molar refractivity (Wildman–Crippen MR) is 150 cm³/mol. The number of hydrogen-bond donors (Lipinski definition) is 0. The Morgan fingerprint density at radius 1 is 0.875 bits per heavy atom. The summed E-state index contributed by atoms with van der Waals surface area (Å²) in [5, 5.41) is 0. The number of unbranched alkanes of at least 4 members (excludes halogenated alkanes) is 6. The molecule has 0 spiro atoms. The van der Waals surface area contributed by atoms with Crippen molar-refractivity contribution < 1.29 is 37.3 Å². The van der Waals surface area contributed by atoms with Crippen LogP contribution in [0.5, 0.6) is 5.75 Å². The molecule has 8 heteroatoms. The van der Waals surface area contributed by atoms with Crippen molar-refractivity contribution >= 4 is 5.97 Å². The van der Waals surface area contributed by atoms with Crippen molar-refractivity contribution in [3.05, 3.63) is 66.3 Å². The van der Waals surface area contributed by atoms with Crippen LogP contribution in [0.4, 0.5) is 8.78 Å². The molecule has 0 saturated carbocycles. The lowest BCUT2D eigenvalue weighted by Gasteiger charge is -2.29. The van der Waals surface area contributed by atoms with Crippen LogP contribution in [0.15, 0.2) is 49.1 Å². The predicted octanol–water partition coefficient (Wildman–Crippen LogP) is 7.56. The van der Waals surface area contributed by atoms with E-state index in [4.69, 9.17) is 23.7 Å². The van der Waals surface area contributed by atoms with E-state index in [0.29, 0.717) is 36.9 Å². The molecular weight excluding hydrogens is 518 g/mol. The van der Waals surface area contributed by atoms with Gasteiger partial charge in [-0.1, -0.05) is 56.5 Å². The Hall–Kier alpha value is -2.81. The average molecular weight is 561 g/mol. The van der Waals surface area contributed by atoms with E-state index >= 15 is 0 Å². The van der Waals surface area contributed by atoms with Crippen molar-refractivity contribution in [3.63, 3.8) is 0 Å². The van der Waals surface area contributed by atoms with Crippen LogP contribution in [-0.4, -0.2) is 46.1 Å². The number of carbonyl (C=O) groups excluding carboxylic acids is 1. The highest BCUT2D eigenvalue weighted by atomic mass is 19.1. The third-order valence-electron chi connectivity index (χ3n) is 6.89. The zero-order valence-corrected chi connectivity index (χ0v) is 23.5. The van der Waals surface area contributed by atoms with Gasteiger partial charge in [0.2, 0.25) is 0 Å². The number of hydrogen-bond acceptors (Lipinski definition) is 6. The molecule has 1 saturated heterocycles. The molecular formula is C32H42F2O6. The van der Waals surface area contributed by atoms with Gasteiger partial charge >= 0.3 is 5.97 Å². The zero-order chi connectivity index (χ0) is 28.6. The molecule has 0 amide bonds. The molecule has 0 radical (unpaired) electrons. The summed E-state index contributed by atoms with van der Waals surface area (Å²) in [5.74, 6) is -1.78. The second-order valence-corrected chi connectivity index (χ2v) is 10.1. The van der Waals surface area contributed by atoms with Gasteiger partial charge in [-0.3, -0.25) is 0 Å². The second-order valence-electron chi connectivity index (χ2n) is 10.1. The number of ether oxygens (including phenoxy) is 5. The fourth-order valence-electron chi connectivity index (χ4n) is 4.60. The van der Waals surface area contributed by atoms with E-state index in [1.807, 2.05) is 24.3 Å². The van der Waals surface area contributed by atoms with Crippen molar-refractivity contribution in [2.45, 2.75) is 64.1 Å². The maximum atomic E-state index is 14.6. The van der Waals surface area contributed by atoms with Gasteiger partial charge in [-0.05, 0) is 55.4 Å². The van der Waals surface area contributed by atoms with Crippen LogP contribution in [0.2, 0.25) is 0 Å². The third kappa shape index (κ3) is 10.6. The second kappa shape index (κ2) is 17.8. The fourth-order valence-corrected chi connectivity index (χ4v) is 4.60. The van der Waals surface area contributed by atoms with E-state index in [1.54, 1.807) is 7.11 Å². The summed E-state index contributed by atoms with van der Waals surface area (Å²) in [5.41, 5.74) is 2.00. The van der Waals surface area contributed by atoms with Crippen molar-refractivity contribution in [1.29, 1.82) is 0 Å². The lowest BCUT2D eigenvalue weighted by molar-refractivity contribution is -0.206.